The number of likely N-dealkylation sites (tertiary alicyclic amines) is 1. The molecule has 0 unspecified atom stereocenters. The van der Waals surface area contributed by atoms with Crippen LogP contribution in [0.15, 0.2) is 43.2 Å². The molecular formula is C21H24ClF2N7O. The predicted molar refractivity (Wildman–Crippen MR) is 115 cm³/mol. The Balaban J connectivity index is 1.50. The topological polar surface area (TPSA) is 92.0 Å². The number of aromatic nitrogens is 5. The van der Waals surface area contributed by atoms with E-state index in [-0.39, 0.29) is 18.2 Å². The second kappa shape index (κ2) is 9.43. The Morgan fingerprint density at radius 2 is 1.97 bits per heavy atom. The van der Waals surface area contributed by atoms with Crippen LogP contribution in [-0.4, -0.2) is 59.9 Å². The molecule has 32 heavy (non-hydrogen) atoms. The van der Waals surface area contributed by atoms with E-state index in [1.165, 1.54) is 35.8 Å². The molecule has 1 aliphatic heterocycles. The average Bonchev–Trinajstić information content (AvgIpc) is 3.28. The second-order valence-corrected chi connectivity index (χ2v) is 8.43. The molecule has 0 aliphatic carbocycles. The van der Waals surface area contributed by atoms with E-state index in [0.717, 1.165) is 25.0 Å². The summed E-state index contributed by atoms with van der Waals surface area (Å²) in [5.74, 6) is -0.980. The molecular weight excluding hydrogens is 440 g/mol. The van der Waals surface area contributed by atoms with Crippen molar-refractivity contribution in [2.45, 2.75) is 44.0 Å². The molecule has 11 heteroatoms. The van der Waals surface area contributed by atoms with Gasteiger partial charge in [-0.05, 0) is 25.8 Å². The van der Waals surface area contributed by atoms with Gasteiger partial charge in [0.25, 0.3) is 0 Å². The molecule has 1 aliphatic rings. The van der Waals surface area contributed by atoms with E-state index < -0.39 is 23.3 Å². The highest BCUT2D eigenvalue weighted by atomic mass is 35.5. The molecule has 2 N–H and O–H groups in total. The van der Waals surface area contributed by atoms with Crippen LogP contribution in [0.4, 0.5) is 14.7 Å². The summed E-state index contributed by atoms with van der Waals surface area (Å²) in [4.78, 5) is 14.3. The summed E-state index contributed by atoms with van der Waals surface area (Å²) in [6.45, 7) is 3.15. The summed E-state index contributed by atoms with van der Waals surface area (Å²) >= 11 is 5.83. The first-order valence-corrected chi connectivity index (χ1v) is 10.7. The number of hydrogen-bond acceptors (Lipinski definition) is 7. The number of halogens is 3. The Labute approximate surface area is 189 Å². The largest absolute Gasteiger partial charge is 0.381 e. The molecule has 2 atom stereocenters. The van der Waals surface area contributed by atoms with Crippen molar-refractivity contribution < 1.29 is 13.9 Å². The third-order valence-electron chi connectivity index (χ3n) is 5.99. The van der Waals surface area contributed by atoms with Crippen LogP contribution in [0.5, 0.6) is 0 Å². The van der Waals surface area contributed by atoms with Gasteiger partial charge in [-0.15, -0.1) is 0 Å². The molecule has 0 spiro atoms. The molecule has 1 aromatic carbocycles. The van der Waals surface area contributed by atoms with E-state index in [0.29, 0.717) is 24.1 Å². The smallest absolute Gasteiger partial charge is 0.222 e. The van der Waals surface area contributed by atoms with Crippen molar-refractivity contribution in [1.82, 2.24) is 29.6 Å². The molecule has 1 fully saturated rings. The molecule has 170 valence electrons. The molecule has 1 saturated heterocycles. The highest BCUT2D eigenvalue weighted by Gasteiger charge is 2.42. The van der Waals surface area contributed by atoms with E-state index in [2.05, 4.69) is 30.3 Å². The standard InChI is InChI=1S/C21H24ClF2N7O/c1-14(30-6-4-17(5-7-30)29-20-26-9-15(22)10-27-20)21(32,11-31-13-25-12-28-31)18-3-2-16(23)8-19(18)24/h2-3,8-10,12-14,17,32H,4-7,11H2,1H3,(H,26,27,29)/t14-,21-/m1/s1. The van der Waals surface area contributed by atoms with Gasteiger partial charge in [-0.2, -0.15) is 5.10 Å². The number of benzene rings is 1. The lowest BCUT2D eigenvalue weighted by Gasteiger charge is -2.44. The quantitative estimate of drug-likeness (QED) is 0.556. The molecule has 4 rings (SSSR count). The molecule has 3 aromatic rings. The fourth-order valence-corrected chi connectivity index (χ4v) is 4.24. The normalized spacial score (nSPS) is 18.3. The van der Waals surface area contributed by atoms with Crippen molar-refractivity contribution in [1.29, 1.82) is 0 Å². The van der Waals surface area contributed by atoms with Gasteiger partial charge in [0.1, 0.15) is 29.9 Å². The minimum Gasteiger partial charge on any atom is -0.381 e. The number of aliphatic hydroxyl groups is 1. The lowest BCUT2D eigenvalue weighted by atomic mass is 9.84. The molecule has 8 nitrogen and oxygen atoms in total. The Kier molecular flexibility index (Phi) is 6.63. The van der Waals surface area contributed by atoms with E-state index >= 15 is 0 Å². The van der Waals surface area contributed by atoms with Gasteiger partial charge in [0.15, 0.2) is 0 Å². The minimum absolute atomic E-state index is 0.0203. The fraction of sp³-hybridized carbons (Fsp3) is 0.429. The summed E-state index contributed by atoms with van der Waals surface area (Å²) in [5.41, 5.74) is -1.62. The van der Waals surface area contributed by atoms with E-state index in [4.69, 9.17) is 11.6 Å². The Morgan fingerprint density at radius 1 is 1.25 bits per heavy atom. The maximum Gasteiger partial charge on any atom is 0.222 e. The van der Waals surface area contributed by atoms with Gasteiger partial charge in [-0.25, -0.2) is 28.4 Å². The number of nitrogens with one attached hydrogen (secondary N) is 1. The number of nitrogens with zero attached hydrogens (tertiary/aromatic N) is 6. The predicted octanol–water partition coefficient (Wildman–Crippen LogP) is 2.85. The van der Waals surface area contributed by atoms with Crippen molar-refractivity contribution in [3.63, 3.8) is 0 Å². The molecule has 2 aromatic heterocycles. The Hall–Kier alpha value is -2.69. The highest BCUT2D eigenvalue weighted by Crippen LogP contribution is 2.34. The summed E-state index contributed by atoms with van der Waals surface area (Å²) in [7, 11) is 0. The van der Waals surface area contributed by atoms with Crippen LogP contribution in [0, 0.1) is 11.6 Å². The van der Waals surface area contributed by atoms with E-state index in [1.54, 1.807) is 0 Å². The van der Waals surface area contributed by atoms with Crippen LogP contribution in [0.2, 0.25) is 5.02 Å². The van der Waals surface area contributed by atoms with Crippen molar-refractivity contribution in [3.8, 4) is 0 Å². The highest BCUT2D eigenvalue weighted by molar-refractivity contribution is 6.30. The summed E-state index contributed by atoms with van der Waals surface area (Å²) in [5, 5.41) is 19.6. The maximum absolute atomic E-state index is 14.7. The van der Waals surface area contributed by atoms with Crippen LogP contribution in [0.1, 0.15) is 25.3 Å². The van der Waals surface area contributed by atoms with Crippen LogP contribution in [0.3, 0.4) is 0 Å². The van der Waals surface area contributed by atoms with E-state index in [1.807, 2.05) is 6.92 Å². The number of rotatable bonds is 7. The summed E-state index contributed by atoms with van der Waals surface area (Å²) in [6.07, 6.45) is 7.44. The first-order chi connectivity index (χ1) is 15.3. The average molecular weight is 464 g/mol. The van der Waals surface area contributed by atoms with Gasteiger partial charge in [0, 0.05) is 36.8 Å². The monoisotopic (exact) mass is 463 g/mol. The van der Waals surface area contributed by atoms with Gasteiger partial charge in [0.05, 0.1) is 24.0 Å². The Bertz CT molecular complexity index is 1030. The van der Waals surface area contributed by atoms with Crippen molar-refractivity contribution in [2.75, 3.05) is 18.4 Å². The van der Waals surface area contributed by atoms with Crippen LogP contribution in [0.25, 0.3) is 0 Å². The number of anilines is 1. The number of hydrogen-bond donors (Lipinski definition) is 2. The SMILES string of the molecule is C[C@@H](N1CCC(Nc2ncc(Cl)cn2)CC1)[C@](O)(Cn1cncn1)c1ccc(F)cc1F. The van der Waals surface area contributed by atoms with Gasteiger partial charge in [-0.1, -0.05) is 17.7 Å². The zero-order valence-electron chi connectivity index (χ0n) is 17.5. The first kappa shape index (κ1) is 22.5. The first-order valence-electron chi connectivity index (χ1n) is 10.3. The molecule has 0 radical (unpaired) electrons. The van der Waals surface area contributed by atoms with Crippen LogP contribution in [-0.2, 0) is 12.1 Å². The van der Waals surface area contributed by atoms with Crippen molar-refractivity contribution in [3.05, 3.63) is 65.5 Å². The van der Waals surface area contributed by atoms with Gasteiger partial charge in [0.2, 0.25) is 5.95 Å². The minimum atomic E-state index is -1.65. The third kappa shape index (κ3) is 4.87. The fourth-order valence-electron chi connectivity index (χ4n) is 4.15. The Morgan fingerprint density at radius 3 is 2.59 bits per heavy atom. The van der Waals surface area contributed by atoms with Gasteiger partial charge >= 0.3 is 0 Å². The zero-order chi connectivity index (χ0) is 22.7. The van der Waals surface area contributed by atoms with Gasteiger partial charge in [-0.3, -0.25) is 4.90 Å². The second-order valence-electron chi connectivity index (χ2n) is 8.00. The zero-order valence-corrected chi connectivity index (χ0v) is 18.3. The van der Waals surface area contributed by atoms with E-state index in [9.17, 15) is 13.9 Å². The lowest BCUT2D eigenvalue weighted by Crippen LogP contribution is -2.55. The molecule has 3 heterocycles. The molecule has 0 bridgehead atoms. The third-order valence-corrected chi connectivity index (χ3v) is 6.18. The number of piperidine rings is 1. The van der Waals surface area contributed by atoms with Crippen LogP contribution >= 0.6 is 11.6 Å². The lowest BCUT2D eigenvalue weighted by molar-refractivity contribution is -0.0686. The molecule has 0 saturated carbocycles. The van der Waals surface area contributed by atoms with Crippen molar-refractivity contribution in [2.24, 2.45) is 0 Å². The maximum atomic E-state index is 14.7. The molecule has 0 amide bonds. The summed E-state index contributed by atoms with van der Waals surface area (Å²) in [6, 6.07) is 2.92. The summed E-state index contributed by atoms with van der Waals surface area (Å²) < 4.78 is 29.7. The van der Waals surface area contributed by atoms with Crippen molar-refractivity contribution >= 4 is 17.5 Å². The van der Waals surface area contributed by atoms with Gasteiger partial charge < -0.3 is 10.4 Å². The van der Waals surface area contributed by atoms with Crippen LogP contribution < -0.4 is 5.32 Å².